The predicted molar refractivity (Wildman–Crippen MR) is 133 cm³/mol. The van der Waals surface area contributed by atoms with Crippen LogP contribution in [0.2, 0.25) is 0 Å². The van der Waals surface area contributed by atoms with Crippen molar-refractivity contribution in [2.75, 3.05) is 25.5 Å². The number of carbonyl (C=O) groups excluding carboxylic acids is 1. The van der Waals surface area contributed by atoms with E-state index in [1.54, 1.807) is 54.4 Å². The van der Waals surface area contributed by atoms with Crippen LogP contribution in [-0.4, -0.2) is 56.5 Å². The molecule has 1 aliphatic rings. The number of likely N-dealkylation sites (tertiary alicyclic amines) is 1. The topological polar surface area (TPSA) is 93.9 Å². The molecule has 0 aliphatic carbocycles. The van der Waals surface area contributed by atoms with Crippen LogP contribution in [0.4, 0.5) is 24.8 Å². The molecule has 1 fully saturated rings. The largest absolute Gasteiger partial charge is 0.494 e. The van der Waals surface area contributed by atoms with Crippen molar-refractivity contribution in [2.24, 2.45) is 0 Å². The van der Waals surface area contributed by atoms with E-state index in [-0.39, 0.29) is 29.3 Å². The highest BCUT2D eigenvalue weighted by Gasteiger charge is 2.36. The summed E-state index contributed by atoms with van der Waals surface area (Å²) in [6.45, 7) is 2.83. The summed E-state index contributed by atoms with van der Waals surface area (Å²) in [5.41, 5.74) is -0.141. The highest BCUT2D eigenvalue weighted by atomic mass is 19.4. The number of imidazole rings is 1. The SMILES string of the molecule is COc1cc(OC2CCN(C(C)=O)CC2)ccc1Nc1ncc(C(F)(F)F)c(-c2cnc3ccccn23)n1. The van der Waals surface area contributed by atoms with Gasteiger partial charge in [0.05, 0.1) is 24.7 Å². The highest BCUT2D eigenvalue weighted by Crippen LogP contribution is 2.37. The van der Waals surface area contributed by atoms with E-state index >= 15 is 0 Å². The third-order valence-corrected chi connectivity index (χ3v) is 6.36. The van der Waals surface area contributed by atoms with Crippen LogP contribution in [0, 0.1) is 0 Å². The van der Waals surface area contributed by atoms with E-state index in [1.165, 1.54) is 17.7 Å². The van der Waals surface area contributed by atoms with Crippen LogP contribution in [0.25, 0.3) is 17.0 Å². The lowest BCUT2D eigenvalue weighted by atomic mass is 10.1. The number of benzene rings is 1. The molecule has 1 N–H and O–H groups in total. The quantitative estimate of drug-likeness (QED) is 0.380. The van der Waals surface area contributed by atoms with Crippen molar-refractivity contribution in [3.63, 3.8) is 0 Å². The smallest absolute Gasteiger partial charge is 0.420 e. The van der Waals surface area contributed by atoms with E-state index in [4.69, 9.17) is 9.47 Å². The van der Waals surface area contributed by atoms with Crippen molar-refractivity contribution in [3.05, 3.63) is 60.6 Å². The van der Waals surface area contributed by atoms with Crippen molar-refractivity contribution in [3.8, 4) is 22.9 Å². The second-order valence-electron chi connectivity index (χ2n) is 8.84. The summed E-state index contributed by atoms with van der Waals surface area (Å²) in [5.74, 6) is 0.995. The Morgan fingerprint density at radius 2 is 1.89 bits per heavy atom. The van der Waals surface area contributed by atoms with Crippen LogP contribution in [0.5, 0.6) is 11.5 Å². The molecule has 198 valence electrons. The van der Waals surface area contributed by atoms with Crippen LogP contribution < -0.4 is 14.8 Å². The van der Waals surface area contributed by atoms with Gasteiger partial charge in [0.15, 0.2) is 0 Å². The minimum absolute atomic E-state index is 0.0394. The summed E-state index contributed by atoms with van der Waals surface area (Å²) in [5, 5.41) is 2.96. The number of aromatic nitrogens is 4. The molecule has 1 aromatic carbocycles. The third kappa shape index (κ3) is 5.20. The van der Waals surface area contributed by atoms with Gasteiger partial charge < -0.3 is 19.7 Å². The van der Waals surface area contributed by atoms with Gasteiger partial charge >= 0.3 is 6.18 Å². The maximum atomic E-state index is 13.8. The number of alkyl halides is 3. The molecule has 0 radical (unpaired) electrons. The Hall–Kier alpha value is -4.35. The number of rotatable bonds is 6. The predicted octanol–water partition coefficient (Wildman–Crippen LogP) is 4.95. The number of piperidine rings is 1. The molecular formula is C26H25F3N6O3. The van der Waals surface area contributed by atoms with E-state index in [0.717, 1.165) is 6.20 Å². The number of methoxy groups -OCH3 is 1. The summed E-state index contributed by atoms with van der Waals surface area (Å²) in [7, 11) is 1.48. The zero-order valence-electron chi connectivity index (χ0n) is 20.7. The zero-order chi connectivity index (χ0) is 26.9. The van der Waals surface area contributed by atoms with Crippen molar-refractivity contribution < 1.29 is 27.4 Å². The van der Waals surface area contributed by atoms with E-state index < -0.39 is 11.7 Å². The van der Waals surface area contributed by atoms with Gasteiger partial charge in [0.1, 0.15) is 34.5 Å². The molecule has 12 heteroatoms. The Labute approximate surface area is 216 Å². The number of hydrogen-bond donors (Lipinski definition) is 1. The van der Waals surface area contributed by atoms with Crippen LogP contribution in [0.15, 0.2) is 55.0 Å². The fourth-order valence-corrected chi connectivity index (χ4v) is 4.40. The maximum absolute atomic E-state index is 13.8. The van der Waals surface area contributed by atoms with Crippen molar-refractivity contribution in [1.29, 1.82) is 0 Å². The zero-order valence-corrected chi connectivity index (χ0v) is 20.7. The van der Waals surface area contributed by atoms with E-state index in [0.29, 0.717) is 48.8 Å². The highest BCUT2D eigenvalue weighted by molar-refractivity contribution is 5.73. The molecule has 1 saturated heterocycles. The van der Waals surface area contributed by atoms with Crippen molar-refractivity contribution in [1.82, 2.24) is 24.3 Å². The van der Waals surface area contributed by atoms with Gasteiger partial charge in [-0.3, -0.25) is 9.20 Å². The fraction of sp³-hybridized carbons (Fsp3) is 0.308. The van der Waals surface area contributed by atoms with Gasteiger partial charge in [-0.05, 0) is 24.3 Å². The molecule has 0 atom stereocenters. The van der Waals surface area contributed by atoms with E-state index in [2.05, 4.69) is 20.3 Å². The minimum Gasteiger partial charge on any atom is -0.494 e. The first kappa shape index (κ1) is 25.3. The summed E-state index contributed by atoms with van der Waals surface area (Å²) in [4.78, 5) is 25.7. The monoisotopic (exact) mass is 526 g/mol. The number of nitrogens with one attached hydrogen (secondary N) is 1. The minimum atomic E-state index is -4.66. The van der Waals surface area contributed by atoms with E-state index in [9.17, 15) is 18.0 Å². The summed E-state index contributed by atoms with van der Waals surface area (Å²) in [6.07, 6.45) is 0.457. The van der Waals surface area contributed by atoms with Crippen LogP contribution in [0.1, 0.15) is 25.3 Å². The Morgan fingerprint density at radius 1 is 1.11 bits per heavy atom. The van der Waals surface area contributed by atoms with Gasteiger partial charge in [0.2, 0.25) is 11.9 Å². The molecule has 3 aromatic heterocycles. The van der Waals surface area contributed by atoms with E-state index in [1.807, 2.05) is 0 Å². The van der Waals surface area contributed by atoms with Gasteiger partial charge in [-0.1, -0.05) is 6.07 Å². The summed E-state index contributed by atoms with van der Waals surface area (Å²) in [6, 6.07) is 10.3. The Bertz CT molecular complexity index is 1460. The number of amides is 1. The van der Waals surface area contributed by atoms with Crippen molar-refractivity contribution in [2.45, 2.75) is 32.0 Å². The van der Waals surface area contributed by atoms with Gasteiger partial charge in [-0.2, -0.15) is 13.2 Å². The lowest BCUT2D eigenvalue weighted by Crippen LogP contribution is -2.40. The first-order valence-corrected chi connectivity index (χ1v) is 12.0. The lowest BCUT2D eigenvalue weighted by molar-refractivity contribution is -0.137. The van der Waals surface area contributed by atoms with Crippen LogP contribution in [0.3, 0.4) is 0 Å². The number of fused-ring (bicyclic) bond motifs is 1. The molecule has 5 rings (SSSR count). The standard InChI is InChI=1S/C26H25F3N6O3/c1-16(36)34-11-8-17(9-12-34)38-18-6-7-20(22(13-18)37-2)32-25-31-14-19(26(27,28)29)24(33-25)21-15-30-23-5-3-4-10-35(21)23/h3-7,10,13-15,17H,8-9,11-12H2,1-2H3,(H,31,32,33). The molecule has 1 aliphatic heterocycles. The van der Waals surface area contributed by atoms with Gasteiger partial charge in [0, 0.05) is 51.3 Å². The Morgan fingerprint density at radius 3 is 2.61 bits per heavy atom. The second kappa shape index (κ2) is 10.2. The second-order valence-corrected chi connectivity index (χ2v) is 8.84. The van der Waals surface area contributed by atoms with Gasteiger partial charge in [-0.15, -0.1) is 0 Å². The summed E-state index contributed by atoms with van der Waals surface area (Å²) < 4.78 is 54.6. The first-order chi connectivity index (χ1) is 18.2. The summed E-state index contributed by atoms with van der Waals surface area (Å²) >= 11 is 0. The number of hydrogen-bond acceptors (Lipinski definition) is 7. The number of carbonyl (C=O) groups is 1. The Balaban J connectivity index is 1.40. The molecule has 0 saturated carbocycles. The Kier molecular flexibility index (Phi) is 6.79. The molecule has 0 spiro atoms. The fourth-order valence-electron chi connectivity index (χ4n) is 4.40. The molecular weight excluding hydrogens is 501 g/mol. The third-order valence-electron chi connectivity index (χ3n) is 6.36. The average molecular weight is 527 g/mol. The molecule has 0 bridgehead atoms. The molecule has 4 heterocycles. The average Bonchev–Trinajstić information content (AvgIpc) is 3.33. The molecule has 4 aromatic rings. The number of ether oxygens (including phenoxy) is 2. The number of halogens is 3. The number of pyridine rings is 1. The van der Waals surface area contributed by atoms with Crippen LogP contribution in [-0.2, 0) is 11.0 Å². The molecule has 9 nitrogen and oxygen atoms in total. The lowest BCUT2D eigenvalue weighted by Gasteiger charge is -2.31. The van der Waals surface area contributed by atoms with Crippen LogP contribution >= 0.6 is 0 Å². The van der Waals surface area contributed by atoms with Gasteiger partial charge in [-0.25, -0.2) is 15.0 Å². The number of nitrogens with zero attached hydrogens (tertiary/aromatic N) is 5. The molecule has 38 heavy (non-hydrogen) atoms. The first-order valence-electron chi connectivity index (χ1n) is 12.0. The molecule has 0 unspecified atom stereocenters. The van der Waals surface area contributed by atoms with Gasteiger partial charge in [0.25, 0.3) is 0 Å². The maximum Gasteiger partial charge on any atom is 0.420 e. The van der Waals surface area contributed by atoms with Crippen molar-refractivity contribution >= 4 is 23.2 Å². The number of anilines is 2. The molecule has 1 amide bonds. The normalized spacial score (nSPS) is 14.5.